The molecule has 1 fully saturated rings. The van der Waals surface area contributed by atoms with E-state index in [0.717, 1.165) is 41.9 Å². The zero-order valence-electron chi connectivity index (χ0n) is 20.4. The predicted octanol–water partition coefficient (Wildman–Crippen LogP) is 7.81. The van der Waals surface area contributed by atoms with Gasteiger partial charge in [0.25, 0.3) is 0 Å². The highest BCUT2D eigenvalue weighted by Crippen LogP contribution is 2.62. The van der Waals surface area contributed by atoms with Crippen molar-refractivity contribution in [3.63, 3.8) is 0 Å². The number of carbonyl (C=O) groups is 2. The standard InChI is InChI=1S/C28H37O3PS2/c1-33-20-18-25(22-12-6-3-7-13-22)27(29)32(31,24-16-10-5-11-17-24)28(30)26(19-21-34-2)23-14-8-4-9-15-23/h3-4,6-9,12-15,24-26H,5,10-11,16-21H2,1-2H3. The Bertz CT molecular complexity index is 891. The summed E-state index contributed by atoms with van der Waals surface area (Å²) in [5.41, 5.74) is 0.850. The van der Waals surface area contributed by atoms with E-state index in [1.165, 1.54) is 0 Å². The lowest BCUT2D eigenvalue weighted by atomic mass is 9.97. The van der Waals surface area contributed by atoms with E-state index in [4.69, 9.17) is 0 Å². The van der Waals surface area contributed by atoms with Crippen LogP contribution >= 0.6 is 30.7 Å². The van der Waals surface area contributed by atoms with Crippen molar-refractivity contribution >= 4 is 41.7 Å². The van der Waals surface area contributed by atoms with E-state index < -0.39 is 19.0 Å². The maximum absolute atomic E-state index is 15.0. The molecule has 0 heterocycles. The summed E-state index contributed by atoms with van der Waals surface area (Å²) in [6, 6.07) is 19.3. The molecule has 0 radical (unpaired) electrons. The van der Waals surface area contributed by atoms with Gasteiger partial charge in [0.05, 0.1) is 11.8 Å². The average Bonchev–Trinajstić information content (AvgIpc) is 2.90. The van der Waals surface area contributed by atoms with Gasteiger partial charge in [-0.05, 0) is 60.8 Å². The first-order valence-electron chi connectivity index (χ1n) is 12.3. The molecular formula is C28H37O3PS2. The maximum Gasteiger partial charge on any atom is 0.215 e. The quantitative estimate of drug-likeness (QED) is 0.254. The van der Waals surface area contributed by atoms with E-state index in [1.54, 1.807) is 23.5 Å². The van der Waals surface area contributed by atoms with Crippen LogP contribution in [-0.2, 0) is 14.2 Å². The number of hydrogen-bond donors (Lipinski definition) is 0. The van der Waals surface area contributed by atoms with Crippen molar-refractivity contribution < 1.29 is 14.2 Å². The van der Waals surface area contributed by atoms with E-state index in [-0.39, 0.29) is 16.7 Å². The van der Waals surface area contributed by atoms with Gasteiger partial charge in [-0.25, -0.2) is 0 Å². The fourth-order valence-corrected chi connectivity index (χ4v) is 9.54. The summed E-state index contributed by atoms with van der Waals surface area (Å²) < 4.78 is 15.0. The topological polar surface area (TPSA) is 51.2 Å². The van der Waals surface area contributed by atoms with Gasteiger partial charge in [-0.1, -0.05) is 79.9 Å². The van der Waals surface area contributed by atoms with Gasteiger partial charge < -0.3 is 4.57 Å². The van der Waals surface area contributed by atoms with Crippen LogP contribution in [0.3, 0.4) is 0 Å². The van der Waals surface area contributed by atoms with Gasteiger partial charge in [-0.15, -0.1) is 0 Å². The Hall–Kier alpha value is -1.29. The van der Waals surface area contributed by atoms with Crippen LogP contribution in [0.4, 0.5) is 0 Å². The molecule has 0 aliphatic heterocycles. The number of thioether (sulfide) groups is 2. The van der Waals surface area contributed by atoms with Gasteiger partial charge >= 0.3 is 0 Å². The van der Waals surface area contributed by atoms with Crippen molar-refractivity contribution in [3.05, 3.63) is 71.8 Å². The minimum Gasteiger partial charge on any atom is -0.307 e. The van der Waals surface area contributed by atoms with Crippen LogP contribution < -0.4 is 0 Å². The van der Waals surface area contributed by atoms with Gasteiger partial charge in [0.15, 0.2) is 0 Å². The van der Waals surface area contributed by atoms with Crippen LogP contribution in [0.25, 0.3) is 0 Å². The first-order valence-corrected chi connectivity index (χ1v) is 16.9. The third-order valence-corrected chi connectivity index (χ3v) is 11.7. The second-order valence-electron chi connectivity index (χ2n) is 9.12. The van der Waals surface area contributed by atoms with E-state index in [1.807, 2.05) is 73.2 Å². The minimum atomic E-state index is -3.80. The normalized spacial score (nSPS) is 18.1. The van der Waals surface area contributed by atoms with Crippen LogP contribution in [0.5, 0.6) is 0 Å². The molecule has 1 aliphatic rings. The summed E-state index contributed by atoms with van der Waals surface area (Å²) in [5.74, 6) is 0.585. The molecule has 0 spiro atoms. The molecule has 0 saturated heterocycles. The Balaban J connectivity index is 2.07. The Morgan fingerprint density at radius 2 is 1.18 bits per heavy atom. The van der Waals surface area contributed by atoms with Crippen LogP contribution in [0.2, 0.25) is 0 Å². The predicted molar refractivity (Wildman–Crippen MR) is 149 cm³/mol. The molecule has 2 aromatic carbocycles. The van der Waals surface area contributed by atoms with Gasteiger partial charge in [0.1, 0.15) is 0 Å². The summed E-state index contributed by atoms with van der Waals surface area (Å²) in [7, 11) is -3.80. The lowest BCUT2D eigenvalue weighted by Gasteiger charge is -2.33. The first-order chi connectivity index (χ1) is 16.5. The van der Waals surface area contributed by atoms with Gasteiger partial charge in [-0.2, -0.15) is 23.5 Å². The smallest absolute Gasteiger partial charge is 0.215 e. The molecule has 2 aromatic rings. The molecule has 1 aliphatic carbocycles. The van der Waals surface area contributed by atoms with Crippen molar-refractivity contribution in [2.45, 2.75) is 62.4 Å². The Kier molecular flexibility index (Phi) is 11.0. The largest absolute Gasteiger partial charge is 0.307 e. The van der Waals surface area contributed by atoms with Crippen molar-refractivity contribution in [2.24, 2.45) is 0 Å². The monoisotopic (exact) mass is 516 g/mol. The summed E-state index contributed by atoms with van der Waals surface area (Å²) in [6.45, 7) is 0. The van der Waals surface area contributed by atoms with E-state index >= 15 is 4.57 Å². The van der Waals surface area contributed by atoms with Gasteiger partial charge in [0, 0.05) is 5.66 Å². The molecule has 184 valence electrons. The number of hydrogen-bond acceptors (Lipinski definition) is 5. The van der Waals surface area contributed by atoms with Crippen LogP contribution in [-0.4, -0.2) is 40.7 Å². The molecule has 2 unspecified atom stereocenters. The molecule has 0 bridgehead atoms. The molecule has 6 heteroatoms. The lowest BCUT2D eigenvalue weighted by molar-refractivity contribution is -0.116. The van der Waals surface area contributed by atoms with Crippen molar-refractivity contribution in [1.29, 1.82) is 0 Å². The molecule has 1 saturated carbocycles. The van der Waals surface area contributed by atoms with Crippen LogP contribution in [0.1, 0.15) is 67.9 Å². The Morgan fingerprint density at radius 1 is 0.765 bits per heavy atom. The Morgan fingerprint density at radius 3 is 1.56 bits per heavy atom. The highest BCUT2D eigenvalue weighted by atomic mass is 32.2. The Labute approximate surface area is 213 Å². The van der Waals surface area contributed by atoms with E-state index in [2.05, 4.69) is 0 Å². The van der Waals surface area contributed by atoms with Crippen molar-refractivity contribution in [3.8, 4) is 0 Å². The molecule has 0 N–H and O–H groups in total. The fraction of sp³-hybridized carbons (Fsp3) is 0.500. The zero-order valence-corrected chi connectivity index (χ0v) is 22.9. The lowest BCUT2D eigenvalue weighted by Crippen LogP contribution is -2.30. The SMILES string of the molecule is CSCCC(C(=O)P(=O)(C(=O)C(CCSC)c1ccccc1)C1CCCCC1)c1ccccc1. The molecule has 34 heavy (non-hydrogen) atoms. The van der Waals surface area contributed by atoms with E-state index in [0.29, 0.717) is 25.7 Å². The van der Waals surface area contributed by atoms with Crippen molar-refractivity contribution in [2.75, 3.05) is 24.0 Å². The molecule has 3 rings (SSSR count). The van der Waals surface area contributed by atoms with E-state index in [9.17, 15) is 9.59 Å². The second-order valence-corrected chi connectivity index (χ2v) is 14.0. The number of carbonyl (C=O) groups excluding carboxylic acids is 2. The number of benzene rings is 2. The molecular weight excluding hydrogens is 479 g/mol. The summed E-state index contributed by atoms with van der Waals surface area (Å²) >= 11 is 3.36. The zero-order chi connectivity index (χ0) is 24.4. The summed E-state index contributed by atoms with van der Waals surface area (Å²) in [5, 5.41) is 0. The molecule has 2 atom stereocenters. The average molecular weight is 517 g/mol. The first kappa shape index (κ1) is 27.3. The van der Waals surface area contributed by atoms with Crippen LogP contribution in [0.15, 0.2) is 60.7 Å². The second kappa shape index (κ2) is 13.7. The summed E-state index contributed by atoms with van der Waals surface area (Å²) in [4.78, 5) is 28.6. The highest BCUT2D eigenvalue weighted by molar-refractivity contribution is 7.98. The third-order valence-electron chi connectivity index (χ3n) is 6.97. The van der Waals surface area contributed by atoms with Gasteiger partial charge in [0.2, 0.25) is 18.2 Å². The van der Waals surface area contributed by atoms with Crippen LogP contribution in [0, 0.1) is 0 Å². The summed E-state index contributed by atoms with van der Waals surface area (Å²) in [6.07, 6.45) is 9.64. The molecule has 0 amide bonds. The molecule has 0 aromatic heterocycles. The highest BCUT2D eigenvalue weighted by Gasteiger charge is 2.51. The molecule has 3 nitrogen and oxygen atoms in total. The number of rotatable bonds is 13. The fourth-order valence-electron chi connectivity index (χ4n) is 5.08. The maximum atomic E-state index is 15.0. The third kappa shape index (κ3) is 6.47. The minimum absolute atomic E-state index is 0.297. The van der Waals surface area contributed by atoms with Crippen molar-refractivity contribution in [1.82, 2.24) is 0 Å². The van der Waals surface area contributed by atoms with Gasteiger partial charge in [-0.3, -0.25) is 9.59 Å².